The number of rotatable bonds is 5. The van der Waals surface area contributed by atoms with Crippen molar-refractivity contribution < 1.29 is 14.3 Å². The number of hydrogen-bond acceptors (Lipinski definition) is 1. The number of hydrogen-bond donors (Lipinski definition) is 1. The highest BCUT2D eigenvalue weighted by Gasteiger charge is 2.08. The predicted octanol–water partition coefficient (Wildman–Crippen LogP) is 3.36. The number of carboxylic acids is 1. The van der Waals surface area contributed by atoms with Crippen molar-refractivity contribution >= 4 is 17.6 Å². The third kappa shape index (κ3) is 4.30. The van der Waals surface area contributed by atoms with Gasteiger partial charge in [-0.25, -0.2) is 4.39 Å². The van der Waals surface area contributed by atoms with Crippen molar-refractivity contribution in [2.45, 2.75) is 24.6 Å². The monoisotopic (exact) mass is 230 g/mol. The summed E-state index contributed by atoms with van der Waals surface area (Å²) in [6.45, 7) is 0. The largest absolute Gasteiger partial charge is 0.481 e. The molecule has 0 saturated carbocycles. The van der Waals surface area contributed by atoms with Gasteiger partial charge in [-0.3, -0.25) is 4.79 Å². The molecule has 0 bridgehead atoms. The summed E-state index contributed by atoms with van der Waals surface area (Å²) in [5.74, 6) is -1.12. The van der Waals surface area contributed by atoms with Crippen LogP contribution in [0.25, 0.3) is 0 Å². The molecule has 1 atom stereocenters. The highest BCUT2D eigenvalue weighted by molar-refractivity contribution is 6.20. The molecule has 15 heavy (non-hydrogen) atoms. The molecule has 1 N–H and O–H groups in total. The molecule has 1 aromatic rings. The molecule has 2 nitrogen and oxygen atoms in total. The van der Waals surface area contributed by atoms with E-state index in [9.17, 15) is 9.18 Å². The van der Waals surface area contributed by atoms with Crippen LogP contribution in [0.15, 0.2) is 24.3 Å². The van der Waals surface area contributed by atoms with Crippen LogP contribution in [0.1, 0.15) is 30.2 Å². The van der Waals surface area contributed by atoms with Crippen LogP contribution >= 0.6 is 11.6 Å². The maximum Gasteiger partial charge on any atom is 0.303 e. The van der Waals surface area contributed by atoms with Gasteiger partial charge in [0.1, 0.15) is 5.82 Å². The lowest BCUT2D eigenvalue weighted by atomic mass is 10.1. The number of carbonyl (C=O) groups is 1. The van der Waals surface area contributed by atoms with Gasteiger partial charge >= 0.3 is 5.97 Å². The highest BCUT2D eigenvalue weighted by Crippen LogP contribution is 2.26. The topological polar surface area (TPSA) is 37.3 Å². The van der Waals surface area contributed by atoms with Crippen LogP contribution in [-0.2, 0) is 4.79 Å². The molecule has 0 aliphatic heterocycles. The molecule has 82 valence electrons. The molecule has 0 aliphatic carbocycles. The van der Waals surface area contributed by atoms with Gasteiger partial charge < -0.3 is 5.11 Å². The van der Waals surface area contributed by atoms with E-state index in [0.717, 1.165) is 5.56 Å². The second-order valence-corrected chi connectivity index (χ2v) is 3.83. The average Bonchev–Trinajstić information content (AvgIpc) is 2.18. The molecular weight excluding hydrogens is 219 g/mol. The van der Waals surface area contributed by atoms with E-state index in [1.165, 1.54) is 12.1 Å². The fourth-order valence-corrected chi connectivity index (χ4v) is 1.57. The van der Waals surface area contributed by atoms with Crippen LogP contribution in [0.2, 0.25) is 0 Å². The Labute approximate surface area is 92.7 Å². The summed E-state index contributed by atoms with van der Waals surface area (Å²) >= 11 is 6.03. The Morgan fingerprint density at radius 1 is 1.40 bits per heavy atom. The summed E-state index contributed by atoms with van der Waals surface area (Å²) in [5, 5.41) is 8.20. The van der Waals surface area contributed by atoms with E-state index < -0.39 is 5.97 Å². The maximum absolute atomic E-state index is 12.6. The maximum atomic E-state index is 12.6. The van der Waals surface area contributed by atoms with E-state index in [4.69, 9.17) is 16.7 Å². The average molecular weight is 231 g/mol. The number of benzene rings is 1. The van der Waals surface area contributed by atoms with Crippen LogP contribution in [0.3, 0.4) is 0 Å². The lowest BCUT2D eigenvalue weighted by Crippen LogP contribution is -1.96. The lowest BCUT2D eigenvalue weighted by molar-refractivity contribution is -0.137. The Balaban J connectivity index is 2.43. The van der Waals surface area contributed by atoms with Crippen LogP contribution in [0, 0.1) is 5.82 Å². The van der Waals surface area contributed by atoms with Gasteiger partial charge in [-0.1, -0.05) is 12.1 Å². The van der Waals surface area contributed by atoms with E-state index in [-0.39, 0.29) is 17.6 Å². The molecule has 1 rings (SSSR count). The number of aliphatic carboxylic acids is 1. The molecule has 0 amide bonds. The summed E-state index contributed by atoms with van der Waals surface area (Å²) in [4.78, 5) is 10.3. The molecular formula is C11H12ClFO2. The van der Waals surface area contributed by atoms with E-state index >= 15 is 0 Å². The Kier molecular flexibility index (Phi) is 4.56. The summed E-state index contributed by atoms with van der Waals surface area (Å²) in [6.07, 6.45) is 1.23. The van der Waals surface area contributed by atoms with E-state index in [0.29, 0.717) is 12.8 Å². The normalized spacial score (nSPS) is 12.4. The molecule has 1 aromatic carbocycles. The Morgan fingerprint density at radius 3 is 2.53 bits per heavy atom. The van der Waals surface area contributed by atoms with Crippen LogP contribution in [0.4, 0.5) is 4.39 Å². The third-order valence-electron chi connectivity index (χ3n) is 2.08. The van der Waals surface area contributed by atoms with Gasteiger partial charge in [0.2, 0.25) is 0 Å². The second kappa shape index (κ2) is 5.71. The van der Waals surface area contributed by atoms with Gasteiger partial charge in [-0.15, -0.1) is 11.6 Å². The first-order chi connectivity index (χ1) is 7.09. The van der Waals surface area contributed by atoms with Crippen molar-refractivity contribution in [3.05, 3.63) is 35.6 Å². The van der Waals surface area contributed by atoms with Gasteiger partial charge in [0.15, 0.2) is 0 Å². The zero-order valence-electron chi connectivity index (χ0n) is 8.12. The minimum atomic E-state index is -0.821. The van der Waals surface area contributed by atoms with Crippen LogP contribution < -0.4 is 0 Å². The SMILES string of the molecule is O=C(O)CCCC(Cl)c1ccc(F)cc1. The first kappa shape index (κ1) is 12.0. The van der Waals surface area contributed by atoms with Gasteiger partial charge in [-0.2, -0.15) is 0 Å². The van der Waals surface area contributed by atoms with Crippen molar-refractivity contribution in [3.63, 3.8) is 0 Å². The van der Waals surface area contributed by atoms with Crippen molar-refractivity contribution in [2.75, 3.05) is 0 Å². The second-order valence-electron chi connectivity index (χ2n) is 3.31. The molecule has 0 fully saturated rings. The van der Waals surface area contributed by atoms with Gasteiger partial charge in [0.05, 0.1) is 5.38 Å². The summed E-state index contributed by atoms with van der Waals surface area (Å²) in [7, 11) is 0. The van der Waals surface area contributed by atoms with Gasteiger partial charge in [-0.05, 0) is 30.5 Å². The van der Waals surface area contributed by atoms with Crippen LogP contribution in [-0.4, -0.2) is 11.1 Å². The zero-order valence-corrected chi connectivity index (χ0v) is 8.88. The van der Waals surface area contributed by atoms with Crippen molar-refractivity contribution in [3.8, 4) is 0 Å². The molecule has 0 spiro atoms. The summed E-state index contributed by atoms with van der Waals surface area (Å²) < 4.78 is 12.6. The molecule has 1 unspecified atom stereocenters. The fraction of sp³-hybridized carbons (Fsp3) is 0.364. The van der Waals surface area contributed by atoms with E-state index in [1.54, 1.807) is 12.1 Å². The number of halogens is 2. The number of carboxylic acid groups (broad SMARTS) is 1. The first-order valence-electron chi connectivity index (χ1n) is 4.71. The van der Waals surface area contributed by atoms with Gasteiger partial charge in [0.25, 0.3) is 0 Å². The van der Waals surface area contributed by atoms with Crippen molar-refractivity contribution in [1.29, 1.82) is 0 Å². The Bertz CT molecular complexity index is 324. The quantitative estimate of drug-likeness (QED) is 0.788. The Morgan fingerprint density at radius 2 is 2.00 bits per heavy atom. The van der Waals surface area contributed by atoms with Crippen LogP contribution in [0.5, 0.6) is 0 Å². The standard InChI is InChI=1S/C11H12ClFO2/c12-10(2-1-3-11(14)15)8-4-6-9(13)7-5-8/h4-7,10H,1-3H2,(H,14,15). The number of alkyl halides is 1. The molecule has 0 aliphatic rings. The smallest absolute Gasteiger partial charge is 0.303 e. The summed E-state index contributed by atoms with van der Waals surface area (Å²) in [5.41, 5.74) is 0.823. The minimum Gasteiger partial charge on any atom is -0.481 e. The molecule has 0 radical (unpaired) electrons. The Hall–Kier alpha value is -1.09. The highest BCUT2D eigenvalue weighted by atomic mass is 35.5. The molecule has 4 heteroatoms. The molecule has 0 saturated heterocycles. The van der Waals surface area contributed by atoms with Crippen molar-refractivity contribution in [1.82, 2.24) is 0 Å². The van der Waals surface area contributed by atoms with E-state index in [1.807, 2.05) is 0 Å². The fourth-order valence-electron chi connectivity index (χ4n) is 1.27. The first-order valence-corrected chi connectivity index (χ1v) is 5.14. The summed E-state index contributed by atoms with van der Waals surface area (Å²) in [6, 6.07) is 5.94. The van der Waals surface area contributed by atoms with E-state index in [2.05, 4.69) is 0 Å². The predicted molar refractivity (Wildman–Crippen MR) is 56.5 cm³/mol. The molecule has 0 aromatic heterocycles. The third-order valence-corrected chi connectivity index (χ3v) is 2.55. The van der Waals surface area contributed by atoms with Gasteiger partial charge in [0, 0.05) is 6.42 Å². The van der Waals surface area contributed by atoms with Crippen molar-refractivity contribution in [2.24, 2.45) is 0 Å². The zero-order chi connectivity index (χ0) is 11.3. The lowest BCUT2D eigenvalue weighted by Gasteiger charge is -2.08. The minimum absolute atomic E-state index is 0.115. The molecule has 0 heterocycles.